The molecule has 2 aromatic carbocycles. The molecule has 1 aromatic heterocycles. The number of morpholine rings is 1. The SMILES string of the molecule is CCC(Oc1cc2ncnc(Nc3ccc(F)c(Cl)c3)c2cc1OCC1CC1)N1CCC2(CC1)CN(C)CC(=O)O2. The Balaban J connectivity index is 1.24. The fraction of sp³-hybridized carbons (Fsp3) is 0.500. The second kappa shape index (κ2) is 11.6. The van der Waals surface area contributed by atoms with E-state index in [1.54, 1.807) is 6.07 Å². The average molecular weight is 584 g/mol. The van der Waals surface area contributed by atoms with Crippen LogP contribution < -0.4 is 14.8 Å². The summed E-state index contributed by atoms with van der Waals surface area (Å²) >= 11 is 5.99. The van der Waals surface area contributed by atoms with Crippen LogP contribution in [0.4, 0.5) is 15.9 Å². The molecule has 9 nitrogen and oxygen atoms in total. The lowest BCUT2D eigenvalue weighted by molar-refractivity contribution is -0.182. The summed E-state index contributed by atoms with van der Waals surface area (Å²) in [5, 5.41) is 4.01. The third-order valence-corrected chi connectivity index (χ3v) is 8.36. The number of ether oxygens (including phenoxy) is 3. The van der Waals surface area contributed by atoms with E-state index in [4.69, 9.17) is 25.8 Å². The Kier molecular flexibility index (Phi) is 7.89. The normalized spacial score (nSPS) is 20.1. The molecular weight excluding hydrogens is 549 g/mol. The van der Waals surface area contributed by atoms with Crippen molar-refractivity contribution in [2.24, 2.45) is 5.92 Å². The molecule has 0 radical (unpaired) electrons. The van der Waals surface area contributed by atoms with E-state index >= 15 is 0 Å². The molecule has 1 saturated carbocycles. The molecule has 1 aliphatic carbocycles. The Morgan fingerprint density at radius 1 is 1.20 bits per heavy atom. The van der Waals surface area contributed by atoms with Gasteiger partial charge in [0.15, 0.2) is 17.7 Å². The third-order valence-electron chi connectivity index (χ3n) is 8.07. The molecule has 1 N–H and O–H groups in total. The van der Waals surface area contributed by atoms with Crippen molar-refractivity contribution in [2.75, 3.05) is 45.2 Å². The van der Waals surface area contributed by atoms with Gasteiger partial charge in [-0.2, -0.15) is 0 Å². The standard InChI is InChI=1S/C30H35ClFN5O4/c1-3-27(37-10-8-30(9-11-37)17-36(2)15-28(38)41-30)40-26-14-24-21(13-25(26)39-16-19-4-5-19)29(34-18-33-24)35-20-6-7-23(32)22(31)12-20/h6-7,12-14,18-19,27H,3-5,8-11,15-17H2,1-2H3,(H,33,34,35). The third kappa shape index (κ3) is 6.34. The molecule has 0 bridgehead atoms. The van der Waals surface area contributed by atoms with Crippen molar-refractivity contribution >= 4 is 40.0 Å². The summed E-state index contributed by atoms with van der Waals surface area (Å²) in [6.07, 6.45) is 5.94. The van der Waals surface area contributed by atoms with Crippen LogP contribution in [-0.4, -0.2) is 77.4 Å². The van der Waals surface area contributed by atoms with Gasteiger partial charge in [-0.15, -0.1) is 0 Å². The number of aromatic nitrogens is 2. The van der Waals surface area contributed by atoms with Crippen molar-refractivity contribution in [3.63, 3.8) is 0 Å². The molecule has 2 aliphatic heterocycles. The van der Waals surface area contributed by atoms with E-state index in [0.29, 0.717) is 47.6 Å². The Labute approximate surface area is 243 Å². The Bertz CT molecular complexity index is 1430. The summed E-state index contributed by atoms with van der Waals surface area (Å²) in [7, 11) is 1.97. The number of likely N-dealkylation sites (tertiary alicyclic amines) is 1. The van der Waals surface area contributed by atoms with Crippen molar-refractivity contribution in [1.29, 1.82) is 0 Å². The zero-order chi connectivity index (χ0) is 28.6. The molecule has 11 heteroatoms. The molecule has 2 saturated heterocycles. The van der Waals surface area contributed by atoms with Crippen LogP contribution in [0.5, 0.6) is 11.5 Å². The first-order chi connectivity index (χ1) is 19.8. The van der Waals surface area contributed by atoms with E-state index in [1.165, 1.54) is 18.5 Å². The van der Waals surface area contributed by atoms with Gasteiger partial charge in [0.05, 0.1) is 23.7 Å². The smallest absolute Gasteiger partial charge is 0.320 e. The summed E-state index contributed by atoms with van der Waals surface area (Å²) in [5.74, 6) is 1.74. The first kappa shape index (κ1) is 27.9. The van der Waals surface area contributed by atoms with Gasteiger partial charge in [-0.25, -0.2) is 14.4 Å². The minimum atomic E-state index is -0.483. The number of carbonyl (C=O) groups is 1. The lowest BCUT2D eigenvalue weighted by Crippen LogP contribution is -2.59. The van der Waals surface area contributed by atoms with Crippen LogP contribution in [-0.2, 0) is 9.53 Å². The molecule has 218 valence electrons. The predicted octanol–water partition coefficient (Wildman–Crippen LogP) is 5.39. The number of nitrogens with one attached hydrogen (secondary N) is 1. The molecular formula is C30H35ClFN5O4. The monoisotopic (exact) mass is 583 g/mol. The summed E-state index contributed by atoms with van der Waals surface area (Å²) in [5.41, 5.74) is 0.880. The van der Waals surface area contributed by atoms with E-state index in [1.807, 2.05) is 24.1 Å². The van der Waals surface area contributed by atoms with Gasteiger partial charge in [0.25, 0.3) is 0 Å². The summed E-state index contributed by atoms with van der Waals surface area (Å²) in [4.78, 5) is 25.4. The lowest BCUT2D eigenvalue weighted by Gasteiger charge is -2.47. The lowest BCUT2D eigenvalue weighted by atomic mass is 9.89. The molecule has 3 aliphatic rings. The summed E-state index contributed by atoms with van der Waals surface area (Å²) in [6.45, 7) is 5.36. The molecule has 1 unspecified atom stereocenters. The fourth-order valence-corrected chi connectivity index (χ4v) is 5.87. The molecule has 41 heavy (non-hydrogen) atoms. The number of halogens is 2. The second-order valence-corrected chi connectivity index (χ2v) is 11.8. The number of hydrogen-bond donors (Lipinski definition) is 1. The number of esters is 1. The zero-order valence-corrected chi connectivity index (χ0v) is 24.1. The van der Waals surface area contributed by atoms with Crippen molar-refractivity contribution in [3.8, 4) is 11.5 Å². The zero-order valence-electron chi connectivity index (χ0n) is 23.4. The maximum absolute atomic E-state index is 13.7. The van der Waals surface area contributed by atoms with Crippen LogP contribution in [0.15, 0.2) is 36.7 Å². The van der Waals surface area contributed by atoms with E-state index < -0.39 is 11.4 Å². The minimum Gasteiger partial charge on any atom is -0.489 e. The van der Waals surface area contributed by atoms with Crippen LogP contribution in [0.2, 0.25) is 5.02 Å². The first-order valence-corrected chi connectivity index (χ1v) is 14.6. The van der Waals surface area contributed by atoms with Crippen LogP contribution >= 0.6 is 11.6 Å². The van der Waals surface area contributed by atoms with Crippen LogP contribution in [0.1, 0.15) is 39.0 Å². The van der Waals surface area contributed by atoms with E-state index in [-0.39, 0.29) is 17.2 Å². The van der Waals surface area contributed by atoms with Crippen LogP contribution in [0, 0.1) is 11.7 Å². The highest BCUT2D eigenvalue weighted by atomic mass is 35.5. The van der Waals surface area contributed by atoms with Crippen LogP contribution in [0.3, 0.4) is 0 Å². The Morgan fingerprint density at radius 3 is 2.71 bits per heavy atom. The van der Waals surface area contributed by atoms with Gasteiger partial charge in [-0.1, -0.05) is 18.5 Å². The first-order valence-electron chi connectivity index (χ1n) is 14.3. The van der Waals surface area contributed by atoms with E-state index in [9.17, 15) is 9.18 Å². The number of benzene rings is 2. The van der Waals surface area contributed by atoms with Gasteiger partial charge in [0.1, 0.15) is 23.6 Å². The largest absolute Gasteiger partial charge is 0.489 e. The van der Waals surface area contributed by atoms with Crippen molar-refractivity contribution in [2.45, 2.75) is 50.9 Å². The van der Waals surface area contributed by atoms with Gasteiger partial charge in [-0.05, 0) is 56.5 Å². The molecule has 0 amide bonds. The van der Waals surface area contributed by atoms with Gasteiger partial charge >= 0.3 is 5.97 Å². The Morgan fingerprint density at radius 2 is 2.00 bits per heavy atom. The number of likely N-dealkylation sites (N-methyl/N-ethyl adjacent to an activating group) is 1. The number of nitrogens with zero attached hydrogens (tertiary/aromatic N) is 4. The minimum absolute atomic E-state index is 0.0282. The highest BCUT2D eigenvalue weighted by Crippen LogP contribution is 2.39. The maximum atomic E-state index is 13.7. The molecule has 3 fully saturated rings. The van der Waals surface area contributed by atoms with Crippen LogP contribution in [0.25, 0.3) is 10.9 Å². The van der Waals surface area contributed by atoms with Gasteiger partial charge in [0.2, 0.25) is 0 Å². The van der Waals surface area contributed by atoms with Crippen molar-refractivity contribution < 1.29 is 23.4 Å². The second-order valence-electron chi connectivity index (χ2n) is 11.4. The number of hydrogen-bond acceptors (Lipinski definition) is 9. The van der Waals surface area contributed by atoms with Crippen molar-refractivity contribution in [3.05, 3.63) is 47.5 Å². The topological polar surface area (TPSA) is 89.1 Å². The van der Waals surface area contributed by atoms with Gasteiger partial charge < -0.3 is 19.5 Å². The predicted molar refractivity (Wildman–Crippen MR) is 154 cm³/mol. The molecule has 1 spiro atoms. The van der Waals surface area contributed by atoms with Gasteiger partial charge in [-0.3, -0.25) is 14.6 Å². The number of rotatable bonds is 9. The van der Waals surface area contributed by atoms with Crippen molar-refractivity contribution in [1.82, 2.24) is 19.8 Å². The Hall–Kier alpha value is -3.21. The quantitative estimate of drug-likeness (QED) is 0.333. The molecule has 3 aromatic rings. The molecule has 6 rings (SSSR count). The fourth-order valence-electron chi connectivity index (χ4n) is 5.69. The van der Waals surface area contributed by atoms with E-state index in [2.05, 4.69) is 27.1 Å². The average Bonchev–Trinajstić information content (AvgIpc) is 3.77. The maximum Gasteiger partial charge on any atom is 0.320 e. The summed E-state index contributed by atoms with van der Waals surface area (Å²) < 4.78 is 32.5. The highest BCUT2D eigenvalue weighted by Gasteiger charge is 2.43. The van der Waals surface area contributed by atoms with E-state index in [0.717, 1.165) is 57.1 Å². The number of fused-ring (bicyclic) bond motifs is 1. The molecule has 3 heterocycles. The van der Waals surface area contributed by atoms with Gasteiger partial charge in [0, 0.05) is 49.6 Å². The summed E-state index contributed by atoms with van der Waals surface area (Å²) in [6, 6.07) is 8.25. The number of piperidine rings is 1. The highest BCUT2D eigenvalue weighted by molar-refractivity contribution is 6.31. The number of carbonyl (C=O) groups excluding carboxylic acids is 1. The number of anilines is 2. The molecule has 1 atom stereocenters.